The normalized spacial score (nSPS) is 25.0. The smallest absolute Gasteiger partial charge is 0.282 e. The van der Waals surface area contributed by atoms with E-state index < -0.39 is 10.2 Å². The molecule has 1 aromatic heterocycles. The molecule has 0 unspecified atom stereocenters. The first-order valence-electron chi connectivity index (χ1n) is 8.02. The number of nitrogens with two attached hydrogens (primary N) is 1. The minimum atomic E-state index is -3.54. The van der Waals surface area contributed by atoms with Crippen LogP contribution in [0, 0.1) is 12.8 Å². The van der Waals surface area contributed by atoms with E-state index in [0.29, 0.717) is 38.2 Å². The second kappa shape index (κ2) is 6.26. The van der Waals surface area contributed by atoms with Gasteiger partial charge in [0.15, 0.2) is 0 Å². The second-order valence-corrected chi connectivity index (χ2v) is 8.18. The van der Waals surface area contributed by atoms with Gasteiger partial charge in [-0.2, -0.15) is 17.0 Å². The Morgan fingerprint density at radius 1 is 1.22 bits per heavy atom. The van der Waals surface area contributed by atoms with Crippen LogP contribution >= 0.6 is 0 Å². The molecule has 8 heteroatoms. The Hall–Kier alpha value is -1.38. The zero-order valence-corrected chi connectivity index (χ0v) is 14.1. The lowest BCUT2D eigenvalue weighted by molar-refractivity contribution is -0.122. The predicted octanol–water partition coefficient (Wildman–Crippen LogP) is 1.17. The highest BCUT2D eigenvalue weighted by Crippen LogP contribution is 2.36. The highest BCUT2D eigenvalue weighted by atomic mass is 32.2. The quantitative estimate of drug-likeness (QED) is 0.889. The molecular formula is C15H23N3O4S. The van der Waals surface area contributed by atoms with Crippen LogP contribution < -0.4 is 5.73 Å². The molecule has 23 heavy (non-hydrogen) atoms. The van der Waals surface area contributed by atoms with E-state index >= 15 is 0 Å². The number of nitrogens with zero attached hydrogens (tertiary/aromatic N) is 2. The van der Waals surface area contributed by atoms with Crippen LogP contribution in [0.15, 0.2) is 16.5 Å². The molecule has 3 heterocycles. The van der Waals surface area contributed by atoms with Gasteiger partial charge in [-0.15, -0.1) is 0 Å². The van der Waals surface area contributed by atoms with Gasteiger partial charge in [-0.25, -0.2) is 0 Å². The molecule has 1 amide bonds. The van der Waals surface area contributed by atoms with Gasteiger partial charge >= 0.3 is 0 Å². The van der Waals surface area contributed by atoms with Crippen LogP contribution in [0.4, 0.5) is 0 Å². The fraction of sp³-hybridized carbons (Fsp3) is 0.667. The van der Waals surface area contributed by atoms with Gasteiger partial charge in [0.2, 0.25) is 5.91 Å². The maximum atomic E-state index is 12.9. The topological polar surface area (TPSA) is 96.9 Å². The van der Waals surface area contributed by atoms with Gasteiger partial charge in [0.25, 0.3) is 10.2 Å². The molecule has 2 fully saturated rings. The van der Waals surface area contributed by atoms with E-state index in [9.17, 15) is 13.2 Å². The van der Waals surface area contributed by atoms with E-state index in [-0.39, 0.29) is 17.9 Å². The molecule has 2 aliphatic heterocycles. The molecule has 0 bridgehead atoms. The van der Waals surface area contributed by atoms with E-state index in [1.54, 1.807) is 0 Å². The number of furan rings is 1. The molecule has 0 aliphatic carbocycles. The standard InChI is InChI=1S/C15H23N3O4S/c1-11-4-5-14(22-11)13-3-2-8-18(13)23(20,21)17-9-6-12(7-10-17)15(16)19/h4-5,12-13H,2-3,6-10H2,1H3,(H2,16,19)/t13-/m0/s1. The number of rotatable bonds is 4. The molecule has 0 spiro atoms. The second-order valence-electron chi connectivity index (χ2n) is 6.30. The summed E-state index contributed by atoms with van der Waals surface area (Å²) in [6.07, 6.45) is 2.57. The van der Waals surface area contributed by atoms with Crippen molar-refractivity contribution in [2.45, 2.75) is 38.6 Å². The molecule has 3 rings (SSSR count). The number of hydrogen-bond donors (Lipinski definition) is 1. The predicted molar refractivity (Wildman–Crippen MR) is 84.5 cm³/mol. The third-order valence-corrected chi connectivity index (χ3v) is 6.82. The summed E-state index contributed by atoms with van der Waals surface area (Å²) in [5.74, 6) is 0.929. The Balaban J connectivity index is 1.75. The summed E-state index contributed by atoms with van der Waals surface area (Å²) < 4.78 is 34.6. The van der Waals surface area contributed by atoms with Gasteiger partial charge in [0.1, 0.15) is 11.5 Å². The van der Waals surface area contributed by atoms with Crippen molar-refractivity contribution in [2.75, 3.05) is 19.6 Å². The lowest BCUT2D eigenvalue weighted by atomic mass is 9.98. The average molecular weight is 341 g/mol. The first-order chi connectivity index (χ1) is 10.9. The summed E-state index contributed by atoms with van der Waals surface area (Å²) >= 11 is 0. The minimum absolute atomic E-state index is 0.219. The summed E-state index contributed by atoms with van der Waals surface area (Å²) in [6, 6.07) is 3.48. The number of amides is 1. The van der Waals surface area contributed by atoms with Crippen molar-refractivity contribution < 1.29 is 17.6 Å². The minimum Gasteiger partial charge on any atom is -0.465 e. The van der Waals surface area contributed by atoms with Crippen LogP contribution in [0.2, 0.25) is 0 Å². The van der Waals surface area contributed by atoms with Gasteiger partial charge in [-0.3, -0.25) is 4.79 Å². The summed E-state index contributed by atoms with van der Waals surface area (Å²) in [5.41, 5.74) is 5.31. The van der Waals surface area contributed by atoms with Crippen LogP contribution in [-0.2, 0) is 15.0 Å². The van der Waals surface area contributed by atoms with Crippen molar-refractivity contribution in [1.82, 2.24) is 8.61 Å². The third kappa shape index (κ3) is 3.15. The first kappa shape index (κ1) is 16.5. The molecule has 1 aromatic rings. The molecule has 1 atom stereocenters. The SMILES string of the molecule is Cc1ccc([C@@H]2CCCN2S(=O)(=O)N2CCC(C(N)=O)CC2)o1. The lowest BCUT2D eigenvalue weighted by Crippen LogP contribution is -2.48. The van der Waals surface area contributed by atoms with Gasteiger partial charge < -0.3 is 10.2 Å². The number of carbonyl (C=O) groups excluding carboxylic acids is 1. The van der Waals surface area contributed by atoms with Gasteiger partial charge in [0.05, 0.1) is 6.04 Å². The Morgan fingerprint density at radius 3 is 2.48 bits per heavy atom. The van der Waals surface area contributed by atoms with Crippen LogP contribution in [0.1, 0.15) is 43.2 Å². The fourth-order valence-corrected chi connectivity index (χ4v) is 5.31. The summed E-state index contributed by atoms with van der Waals surface area (Å²) in [4.78, 5) is 11.2. The molecule has 0 aromatic carbocycles. The Bertz CT molecular complexity index is 677. The van der Waals surface area contributed by atoms with Gasteiger partial charge in [-0.1, -0.05) is 0 Å². The highest BCUT2D eigenvalue weighted by molar-refractivity contribution is 7.86. The molecule has 0 saturated carbocycles. The van der Waals surface area contributed by atoms with E-state index in [2.05, 4.69) is 0 Å². The average Bonchev–Trinajstić information content (AvgIpc) is 3.16. The molecule has 0 radical (unpaired) electrons. The monoisotopic (exact) mass is 341 g/mol. The van der Waals surface area contributed by atoms with E-state index in [1.807, 2.05) is 19.1 Å². The third-order valence-electron chi connectivity index (χ3n) is 4.77. The van der Waals surface area contributed by atoms with E-state index in [4.69, 9.17) is 10.2 Å². The maximum absolute atomic E-state index is 12.9. The van der Waals surface area contributed by atoms with Crippen molar-refractivity contribution in [3.63, 3.8) is 0 Å². The largest absolute Gasteiger partial charge is 0.465 e. The van der Waals surface area contributed by atoms with Gasteiger partial charge in [-0.05, 0) is 44.7 Å². The zero-order chi connectivity index (χ0) is 16.6. The number of primary amides is 1. The summed E-state index contributed by atoms with van der Waals surface area (Å²) in [7, 11) is -3.54. The maximum Gasteiger partial charge on any atom is 0.282 e. The van der Waals surface area contributed by atoms with E-state index in [0.717, 1.165) is 18.6 Å². The van der Waals surface area contributed by atoms with Crippen LogP contribution in [0.25, 0.3) is 0 Å². The summed E-state index contributed by atoms with van der Waals surface area (Å²) in [6.45, 7) is 3.04. The highest BCUT2D eigenvalue weighted by Gasteiger charge is 2.41. The van der Waals surface area contributed by atoms with E-state index in [1.165, 1.54) is 8.61 Å². The molecule has 2 aliphatic rings. The lowest BCUT2D eigenvalue weighted by Gasteiger charge is -2.34. The molecule has 2 N–H and O–H groups in total. The van der Waals surface area contributed by atoms with Crippen LogP contribution in [0.5, 0.6) is 0 Å². The Kier molecular flexibility index (Phi) is 4.48. The van der Waals surface area contributed by atoms with Crippen molar-refractivity contribution in [1.29, 1.82) is 0 Å². The van der Waals surface area contributed by atoms with Crippen LogP contribution in [0.3, 0.4) is 0 Å². The van der Waals surface area contributed by atoms with Crippen LogP contribution in [-0.4, -0.2) is 42.6 Å². The van der Waals surface area contributed by atoms with Gasteiger partial charge in [0, 0.05) is 25.6 Å². The number of hydrogen-bond acceptors (Lipinski definition) is 4. The number of piperidine rings is 1. The molecule has 2 saturated heterocycles. The first-order valence-corrected chi connectivity index (χ1v) is 9.42. The Labute approximate surface area is 136 Å². The van der Waals surface area contributed by atoms with Crippen molar-refractivity contribution in [3.8, 4) is 0 Å². The number of carbonyl (C=O) groups is 1. The molecule has 128 valence electrons. The van der Waals surface area contributed by atoms with Crippen molar-refractivity contribution >= 4 is 16.1 Å². The van der Waals surface area contributed by atoms with Crippen molar-refractivity contribution in [2.24, 2.45) is 11.7 Å². The fourth-order valence-electron chi connectivity index (χ4n) is 3.45. The zero-order valence-electron chi connectivity index (χ0n) is 13.3. The molecular weight excluding hydrogens is 318 g/mol. The summed E-state index contributed by atoms with van der Waals surface area (Å²) in [5, 5.41) is 0. The molecule has 7 nitrogen and oxygen atoms in total. The van der Waals surface area contributed by atoms with Crippen molar-refractivity contribution in [3.05, 3.63) is 23.7 Å². The number of aryl methyl sites for hydroxylation is 1. The Morgan fingerprint density at radius 2 is 1.91 bits per heavy atom.